The average Bonchev–Trinajstić information content (AvgIpc) is 2.86. The van der Waals surface area contributed by atoms with Gasteiger partial charge in [0.1, 0.15) is 17.0 Å². The fraction of sp³-hybridized carbons (Fsp3) is 0.538. The van der Waals surface area contributed by atoms with Gasteiger partial charge in [0.15, 0.2) is 0 Å². The van der Waals surface area contributed by atoms with Crippen LogP contribution in [0.25, 0.3) is 10.2 Å². The Labute approximate surface area is 119 Å². The lowest BCUT2D eigenvalue weighted by Crippen LogP contribution is -2.41. The van der Waals surface area contributed by atoms with Gasteiger partial charge in [-0.3, -0.25) is 0 Å². The molecule has 2 aromatic rings. The fourth-order valence-corrected chi connectivity index (χ4v) is 4.39. The van der Waals surface area contributed by atoms with Gasteiger partial charge < -0.3 is 4.90 Å². The van der Waals surface area contributed by atoms with Crippen molar-refractivity contribution in [3.8, 4) is 0 Å². The number of alkyl halides is 1. The minimum atomic E-state index is 0.539. The van der Waals surface area contributed by atoms with E-state index in [0.717, 1.165) is 10.6 Å². The Morgan fingerprint density at radius 1 is 1.33 bits per heavy atom. The van der Waals surface area contributed by atoms with Crippen LogP contribution in [0.1, 0.15) is 25.7 Å². The molecule has 2 atom stereocenters. The highest BCUT2D eigenvalue weighted by molar-refractivity contribution is 9.09. The van der Waals surface area contributed by atoms with E-state index in [1.165, 1.54) is 31.1 Å². The summed E-state index contributed by atoms with van der Waals surface area (Å²) in [4.78, 5) is 12.8. The van der Waals surface area contributed by atoms with E-state index in [9.17, 15) is 0 Å². The molecule has 18 heavy (non-hydrogen) atoms. The maximum absolute atomic E-state index is 4.49. The number of aromatic nitrogens is 2. The summed E-state index contributed by atoms with van der Waals surface area (Å²) < 4.78 is 0. The molecule has 0 saturated heterocycles. The first-order chi connectivity index (χ1) is 8.77. The van der Waals surface area contributed by atoms with Crippen LogP contribution in [0, 0.1) is 0 Å². The van der Waals surface area contributed by atoms with Gasteiger partial charge in [-0.1, -0.05) is 28.8 Å². The predicted octanol–water partition coefficient (Wildman–Crippen LogP) is 3.83. The topological polar surface area (TPSA) is 29.0 Å². The maximum Gasteiger partial charge on any atom is 0.140 e. The molecule has 0 bridgehead atoms. The number of halogens is 1. The van der Waals surface area contributed by atoms with Gasteiger partial charge in [0.2, 0.25) is 0 Å². The largest absolute Gasteiger partial charge is 0.355 e. The normalized spacial score (nSPS) is 24.3. The smallest absolute Gasteiger partial charge is 0.140 e. The molecule has 1 aliphatic rings. The van der Waals surface area contributed by atoms with Crippen LogP contribution >= 0.6 is 27.3 Å². The molecule has 1 aliphatic carbocycles. The van der Waals surface area contributed by atoms with E-state index < -0.39 is 0 Å². The summed E-state index contributed by atoms with van der Waals surface area (Å²) in [5.74, 6) is 1.07. The summed E-state index contributed by atoms with van der Waals surface area (Å²) in [5, 5.41) is 3.26. The molecule has 0 spiro atoms. The minimum absolute atomic E-state index is 0.539. The Kier molecular flexibility index (Phi) is 3.52. The van der Waals surface area contributed by atoms with Crippen LogP contribution in [0.5, 0.6) is 0 Å². The Bertz CT molecular complexity index is 542. The first kappa shape index (κ1) is 12.4. The van der Waals surface area contributed by atoms with Gasteiger partial charge in [-0.05, 0) is 24.3 Å². The molecule has 3 nitrogen and oxygen atoms in total. The van der Waals surface area contributed by atoms with E-state index in [1.54, 1.807) is 17.7 Å². The fourth-order valence-electron chi connectivity index (χ4n) is 2.72. The van der Waals surface area contributed by atoms with E-state index in [4.69, 9.17) is 0 Å². The third-order valence-corrected chi connectivity index (χ3v) is 5.61. The molecule has 0 amide bonds. The Morgan fingerprint density at radius 3 is 3.00 bits per heavy atom. The standard InChI is InChI=1S/C13H16BrN3S/c1-17(11-5-3-2-4-10(11)14)12-9-6-7-18-13(9)16-8-15-12/h6-8,10-11H,2-5H2,1H3. The van der Waals surface area contributed by atoms with Crippen LogP contribution < -0.4 is 4.90 Å². The van der Waals surface area contributed by atoms with Gasteiger partial charge in [0.25, 0.3) is 0 Å². The molecule has 0 aliphatic heterocycles. The lowest BCUT2D eigenvalue weighted by molar-refractivity contribution is 0.443. The average molecular weight is 326 g/mol. The molecule has 5 heteroatoms. The molecule has 0 aromatic carbocycles. The summed E-state index contributed by atoms with van der Waals surface area (Å²) in [6.07, 6.45) is 6.82. The van der Waals surface area contributed by atoms with Crippen molar-refractivity contribution in [2.45, 2.75) is 36.6 Å². The first-order valence-corrected chi connectivity index (χ1v) is 8.12. The van der Waals surface area contributed by atoms with Crippen LogP contribution in [0.2, 0.25) is 0 Å². The summed E-state index contributed by atoms with van der Waals surface area (Å²) in [5.41, 5.74) is 0. The van der Waals surface area contributed by atoms with Crippen LogP contribution in [0.3, 0.4) is 0 Å². The van der Waals surface area contributed by atoms with Crippen molar-refractivity contribution < 1.29 is 0 Å². The van der Waals surface area contributed by atoms with E-state index in [1.807, 2.05) is 0 Å². The summed E-state index contributed by atoms with van der Waals surface area (Å²) in [6, 6.07) is 2.66. The van der Waals surface area contributed by atoms with Crippen molar-refractivity contribution >= 4 is 43.3 Å². The molecule has 0 N–H and O–H groups in total. The third kappa shape index (κ3) is 2.14. The number of hydrogen-bond acceptors (Lipinski definition) is 4. The van der Waals surface area contributed by atoms with Crippen molar-refractivity contribution in [2.24, 2.45) is 0 Å². The zero-order valence-electron chi connectivity index (χ0n) is 10.3. The predicted molar refractivity (Wildman–Crippen MR) is 80.8 cm³/mol. The van der Waals surface area contributed by atoms with Crippen LogP contribution in [0.15, 0.2) is 17.8 Å². The van der Waals surface area contributed by atoms with Gasteiger partial charge in [0.05, 0.1) is 5.39 Å². The zero-order valence-corrected chi connectivity index (χ0v) is 12.7. The molecular weight excluding hydrogens is 310 g/mol. The molecule has 2 aromatic heterocycles. The highest BCUT2D eigenvalue weighted by atomic mass is 79.9. The Hall–Kier alpha value is -0.680. The van der Waals surface area contributed by atoms with Crippen LogP contribution in [-0.4, -0.2) is 27.9 Å². The summed E-state index contributed by atoms with van der Waals surface area (Å²) >= 11 is 5.50. The minimum Gasteiger partial charge on any atom is -0.355 e. The second-order valence-electron chi connectivity index (χ2n) is 4.82. The monoisotopic (exact) mass is 325 g/mol. The number of anilines is 1. The Balaban J connectivity index is 1.95. The lowest BCUT2D eigenvalue weighted by Gasteiger charge is -2.36. The first-order valence-electron chi connectivity index (χ1n) is 6.32. The molecule has 2 heterocycles. The van der Waals surface area contributed by atoms with E-state index >= 15 is 0 Å². The van der Waals surface area contributed by atoms with Gasteiger partial charge in [0, 0.05) is 17.9 Å². The van der Waals surface area contributed by atoms with Crippen LogP contribution in [0.4, 0.5) is 5.82 Å². The Morgan fingerprint density at radius 2 is 2.17 bits per heavy atom. The third-order valence-electron chi connectivity index (χ3n) is 3.72. The molecular formula is C13H16BrN3S. The maximum atomic E-state index is 4.49. The van der Waals surface area contributed by atoms with Gasteiger partial charge in [-0.2, -0.15) is 0 Å². The van der Waals surface area contributed by atoms with Gasteiger partial charge in [-0.25, -0.2) is 9.97 Å². The van der Waals surface area contributed by atoms with Crippen molar-refractivity contribution in [1.29, 1.82) is 0 Å². The van der Waals surface area contributed by atoms with Gasteiger partial charge >= 0.3 is 0 Å². The number of hydrogen-bond donors (Lipinski definition) is 0. The van der Waals surface area contributed by atoms with Gasteiger partial charge in [-0.15, -0.1) is 11.3 Å². The van der Waals surface area contributed by atoms with E-state index in [2.05, 4.69) is 49.3 Å². The second kappa shape index (κ2) is 5.13. The second-order valence-corrected chi connectivity index (χ2v) is 6.89. The molecule has 0 radical (unpaired) electrons. The molecule has 1 fully saturated rings. The lowest BCUT2D eigenvalue weighted by atomic mass is 9.94. The van der Waals surface area contributed by atoms with Crippen molar-refractivity contribution in [3.05, 3.63) is 17.8 Å². The zero-order chi connectivity index (χ0) is 12.5. The number of rotatable bonds is 2. The van der Waals surface area contributed by atoms with Crippen molar-refractivity contribution in [1.82, 2.24) is 9.97 Å². The summed E-state index contributed by atoms with van der Waals surface area (Å²) in [7, 11) is 2.16. The quantitative estimate of drug-likeness (QED) is 0.786. The number of nitrogens with zero attached hydrogens (tertiary/aromatic N) is 3. The number of fused-ring (bicyclic) bond motifs is 1. The van der Waals surface area contributed by atoms with E-state index in [-0.39, 0.29) is 0 Å². The van der Waals surface area contributed by atoms with Crippen molar-refractivity contribution in [2.75, 3.05) is 11.9 Å². The van der Waals surface area contributed by atoms with Crippen molar-refractivity contribution in [3.63, 3.8) is 0 Å². The van der Waals surface area contributed by atoms with E-state index in [0.29, 0.717) is 10.9 Å². The summed E-state index contributed by atoms with van der Waals surface area (Å²) in [6.45, 7) is 0. The molecule has 1 saturated carbocycles. The highest BCUT2D eigenvalue weighted by Crippen LogP contribution is 2.33. The highest BCUT2D eigenvalue weighted by Gasteiger charge is 2.28. The molecule has 96 valence electrons. The van der Waals surface area contributed by atoms with Crippen LogP contribution in [-0.2, 0) is 0 Å². The molecule has 2 unspecified atom stereocenters. The molecule has 3 rings (SSSR count). The number of thiophene rings is 1. The SMILES string of the molecule is CN(c1ncnc2sccc12)C1CCCCC1Br.